The van der Waals surface area contributed by atoms with E-state index in [2.05, 4.69) is 59.4 Å². The first-order valence-corrected chi connectivity index (χ1v) is 36.5. The summed E-state index contributed by atoms with van der Waals surface area (Å²) in [6.07, 6.45) is 61.6. The summed E-state index contributed by atoms with van der Waals surface area (Å²) >= 11 is 0. The van der Waals surface area contributed by atoms with Gasteiger partial charge < -0.3 is 34.3 Å². The van der Waals surface area contributed by atoms with Crippen molar-refractivity contribution in [1.29, 1.82) is 0 Å². The number of hydrogen-bond acceptors (Lipinski definition) is 11. The van der Waals surface area contributed by atoms with Gasteiger partial charge in [0, 0.05) is 63.7 Å². The maximum atomic E-state index is 13.5. The highest BCUT2D eigenvalue weighted by Gasteiger charge is 2.39. The molecule has 2 aromatic rings. The normalized spacial score (nSPS) is 18.3. The van der Waals surface area contributed by atoms with E-state index in [1.165, 1.54) is 218 Å². The van der Waals surface area contributed by atoms with Crippen molar-refractivity contribution >= 4 is 11.9 Å². The van der Waals surface area contributed by atoms with Crippen LogP contribution >= 0.6 is 0 Å². The molecule has 13 heteroatoms. The Balaban J connectivity index is 0.000000888. The van der Waals surface area contributed by atoms with Gasteiger partial charge in [-0.2, -0.15) is 0 Å². The van der Waals surface area contributed by atoms with Gasteiger partial charge in [0.05, 0.1) is 36.7 Å². The molecule has 7 unspecified atom stereocenters. The van der Waals surface area contributed by atoms with Crippen LogP contribution in [0.5, 0.6) is 0 Å². The van der Waals surface area contributed by atoms with Gasteiger partial charge in [0.1, 0.15) is 24.3 Å². The van der Waals surface area contributed by atoms with E-state index in [1.54, 1.807) is 18.9 Å². The minimum atomic E-state index is -0.443. The lowest BCUT2D eigenvalue weighted by Gasteiger charge is -2.39. The quantitative estimate of drug-likeness (QED) is 0.0368. The second kappa shape index (κ2) is 56.0. The SMILES string of the molecule is C.C.CCCCCCCCCCC(O)CN1CC(CCCCCCCCCC)OC(=O)C1Cc1cn(CC(O)CCCCCCCCCC)cn1.CCCCCCCCCCC(O)CN1CC(CCCCCCCCCC)OC(=O)C1Cc1cnc[nH]1. The first kappa shape index (κ1) is 82.2. The first-order chi connectivity index (χ1) is 41.6. The minimum absolute atomic E-state index is 0. The van der Waals surface area contributed by atoms with Gasteiger partial charge in [-0.05, 0) is 44.9 Å². The molecule has 0 spiro atoms. The van der Waals surface area contributed by atoms with Crippen molar-refractivity contribution in [2.24, 2.45) is 0 Å². The third kappa shape index (κ3) is 41.3. The van der Waals surface area contributed by atoms with E-state index in [1.807, 2.05) is 10.8 Å². The number of morpholine rings is 2. The van der Waals surface area contributed by atoms with Gasteiger partial charge in [-0.25, -0.2) is 9.97 Å². The molecule has 7 atom stereocenters. The molecule has 0 radical (unpaired) electrons. The highest BCUT2D eigenvalue weighted by molar-refractivity contribution is 5.77. The highest BCUT2D eigenvalue weighted by atomic mass is 16.6. The predicted octanol–water partition coefficient (Wildman–Crippen LogP) is 18.6. The molecular formula is C74H142N6O7. The fourth-order valence-electron chi connectivity index (χ4n) is 12.8. The van der Waals surface area contributed by atoms with Gasteiger partial charge in [0.25, 0.3) is 0 Å². The molecule has 0 bridgehead atoms. The number of H-pyrrole nitrogens is 1. The van der Waals surface area contributed by atoms with Crippen LogP contribution in [0.15, 0.2) is 25.0 Å². The van der Waals surface area contributed by atoms with Crippen LogP contribution in [0.2, 0.25) is 0 Å². The average molecular weight is 1230 g/mol. The number of carbonyl (C=O) groups excluding carboxylic acids is 2. The zero-order valence-corrected chi connectivity index (χ0v) is 55.8. The maximum absolute atomic E-state index is 13.5. The van der Waals surface area contributed by atoms with Gasteiger partial charge >= 0.3 is 11.9 Å². The number of nitrogens with one attached hydrogen (secondary N) is 1. The van der Waals surface area contributed by atoms with Gasteiger partial charge in [0.2, 0.25) is 0 Å². The van der Waals surface area contributed by atoms with Crippen molar-refractivity contribution in [2.75, 3.05) is 26.2 Å². The number of cyclic esters (lactones) is 2. The smallest absolute Gasteiger partial charge is 0.324 e. The number of imidazole rings is 2. The summed E-state index contributed by atoms with van der Waals surface area (Å²) in [5.74, 6) is -0.334. The van der Waals surface area contributed by atoms with Crippen LogP contribution in [0.1, 0.15) is 350 Å². The van der Waals surface area contributed by atoms with Crippen molar-refractivity contribution in [3.63, 3.8) is 0 Å². The third-order valence-electron chi connectivity index (χ3n) is 18.2. The predicted molar refractivity (Wildman–Crippen MR) is 366 cm³/mol. The molecular weight excluding hydrogens is 1080 g/mol. The Morgan fingerprint density at radius 1 is 0.460 bits per heavy atom. The number of aromatic amines is 1. The van der Waals surface area contributed by atoms with E-state index >= 15 is 0 Å². The molecule has 0 saturated carbocycles. The van der Waals surface area contributed by atoms with E-state index in [-0.39, 0.29) is 51.1 Å². The molecule has 2 saturated heterocycles. The molecule has 4 N–H and O–H groups in total. The number of β-amino-alcohol motifs (C(OH)–C–C–N with tert-alkyl or cyclic N) is 2. The number of esters is 2. The van der Waals surface area contributed by atoms with Crippen LogP contribution in [0.4, 0.5) is 0 Å². The Kier molecular flexibility index (Phi) is 52.9. The lowest BCUT2D eigenvalue weighted by Crippen LogP contribution is -2.55. The molecule has 2 aliphatic heterocycles. The fraction of sp³-hybridized carbons (Fsp3) is 0.892. The van der Waals surface area contributed by atoms with Crippen LogP contribution in [0.25, 0.3) is 0 Å². The van der Waals surface area contributed by atoms with E-state index in [4.69, 9.17) is 9.47 Å². The van der Waals surface area contributed by atoms with Crippen molar-refractivity contribution < 1.29 is 34.4 Å². The lowest BCUT2D eigenvalue weighted by molar-refractivity contribution is -0.169. The summed E-state index contributed by atoms with van der Waals surface area (Å²) in [6, 6.07) is -0.790. The average Bonchev–Trinajstić information content (AvgIpc) is 2.68. The van der Waals surface area contributed by atoms with E-state index in [9.17, 15) is 24.9 Å². The molecule has 2 aromatic heterocycles. The minimum Gasteiger partial charge on any atom is -0.460 e. The molecule has 13 nitrogen and oxygen atoms in total. The second-order valence-corrected chi connectivity index (χ2v) is 26.4. The van der Waals surface area contributed by atoms with Gasteiger partial charge in [-0.15, -0.1) is 0 Å². The zero-order chi connectivity index (χ0) is 61.2. The number of aromatic nitrogens is 4. The number of aliphatic hydroxyl groups is 3. The van der Waals surface area contributed by atoms with Gasteiger partial charge in [-0.1, -0.05) is 293 Å². The summed E-state index contributed by atoms with van der Waals surface area (Å²) in [5.41, 5.74) is 1.77. The fourth-order valence-corrected chi connectivity index (χ4v) is 12.8. The molecule has 510 valence electrons. The number of rotatable bonds is 55. The number of aliphatic hydroxyl groups excluding tert-OH is 3. The Hall–Kier alpha value is -2.84. The molecule has 2 fully saturated rings. The molecule has 4 rings (SSSR count). The maximum Gasteiger partial charge on any atom is 0.324 e. The van der Waals surface area contributed by atoms with Crippen LogP contribution < -0.4 is 0 Å². The Bertz CT molecular complexity index is 1810. The number of carbonyl (C=O) groups is 2. The van der Waals surface area contributed by atoms with Gasteiger partial charge in [-0.3, -0.25) is 19.4 Å². The van der Waals surface area contributed by atoms with Crippen LogP contribution in [0, 0.1) is 0 Å². The Morgan fingerprint density at radius 3 is 1.13 bits per heavy atom. The summed E-state index contributed by atoms with van der Waals surface area (Å²) in [4.78, 5) is 42.6. The highest BCUT2D eigenvalue weighted by Crippen LogP contribution is 2.25. The monoisotopic (exact) mass is 1230 g/mol. The lowest BCUT2D eigenvalue weighted by atomic mass is 10.0. The molecule has 87 heavy (non-hydrogen) atoms. The molecule has 4 heterocycles. The number of ether oxygens (including phenoxy) is 2. The molecule has 2 aliphatic rings. The van der Waals surface area contributed by atoms with Crippen molar-refractivity contribution in [3.8, 4) is 0 Å². The number of nitrogens with zero attached hydrogens (tertiary/aromatic N) is 5. The standard InChI is InChI=1S/C42H79N3O4.C30H55N3O3.2CH4/c1-4-7-10-13-16-19-22-25-28-38(46)33-44-32-37(43-36-44)31-41-42(48)49-40(30-27-24-21-18-15-12-9-6-3)35-45(41)34-39(47)29-26-23-20-17-14-11-8-5-2;1-3-5-7-9-11-13-15-17-19-27(34)23-33-24-28(20-18-16-14-12-10-8-6-4-2)36-30(35)29(33)21-26-22-31-25-32-26;;/h32,36,38-41,46-47H,4-31,33-35H2,1-3H3;22,25,27-29,34H,3-21,23-24H2,1-2H3,(H,31,32);2*1H4. The summed E-state index contributed by atoms with van der Waals surface area (Å²) < 4.78 is 13.9. The number of unbranched alkanes of at least 4 members (excludes halogenated alkanes) is 35. The zero-order valence-electron chi connectivity index (χ0n) is 55.8. The molecule has 0 aromatic carbocycles. The summed E-state index contributed by atoms with van der Waals surface area (Å²) in [6.45, 7) is 14.2. The second-order valence-electron chi connectivity index (χ2n) is 26.4. The summed E-state index contributed by atoms with van der Waals surface area (Å²) in [5, 5.41) is 32.6. The van der Waals surface area contributed by atoms with E-state index < -0.39 is 18.2 Å². The van der Waals surface area contributed by atoms with Crippen molar-refractivity contribution in [1.82, 2.24) is 29.3 Å². The van der Waals surface area contributed by atoms with Gasteiger partial charge in [0.15, 0.2) is 0 Å². The molecule has 0 amide bonds. The largest absolute Gasteiger partial charge is 0.460 e. The Morgan fingerprint density at radius 2 is 0.782 bits per heavy atom. The van der Waals surface area contributed by atoms with E-state index in [0.717, 1.165) is 88.6 Å². The topological polar surface area (TPSA) is 166 Å². The third-order valence-corrected chi connectivity index (χ3v) is 18.2. The Labute approximate surface area is 536 Å². The first-order valence-electron chi connectivity index (χ1n) is 36.5. The van der Waals surface area contributed by atoms with Crippen molar-refractivity contribution in [3.05, 3.63) is 36.4 Å². The number of hydrogen-bond donors (Lipinski definition) is 4. The molecule has 0 aliphatic carbocycles. The van der Waals surface area contributed by atoms with Crippen LogP contribution in [0.3, 0.4) is 0 Å². The van der Waals surface area contributed by atoms with Crippen LogP contribution in [-0.2, 0) is 38.4 Å². The van der Waals surface area contributed by atoms with E-state index in [0.29, 0.717) is 39.0 Å². The summed E-state index contributed by atoms with van der Waals surface area (Å²) in [7, 11) is 0. The van der Waals surface area contributed by atoms with Crippen LogP contribution in [-0.4, -0.2) is 125 Å². The van der Waals surface area contributed by atoms with Crippen molar-refractivity contribution in [2.45, 2.75) is 400 Å².